The molecule has 0 atom stereocenters. The van der Waals surface area contributed by atoms with Crippen molar-refractivity contribution in [2.75, 3.05) is 25.5 Å². The molecule has 1 heterocycles. The van der Waals surface area contributed by atoms with Gasteiger partial charge in [-0.05, 0) is 49.8 Å². The van der Waals surface area contributed by atoms with Crippen LogP contribution in [0.25, 0.3) is 0 Å². The molecule has 134 valence electrons. The monoisotopic (exact) mass is 359 g/mol. The molecule has 0 spiro atoms. The van der Waals surface area contributed by atoms with Crippen LogP contribution in [0.3, 0.4) is 0 Å². The van der Waals surface area contributed by atoms with Gasteiger partial charge in [-0.3, -0.25) is 4.79 Å². The third-order valence-corrected chi connectivity index (χ3v) is 4.83. The quantitative estimate of drug-likeness (QED) is 0.829. The van der Waals surface area contributed by atoms with E-state index in [1.807, 2.05) is 50.4 Å². The molecular formula is C19H25N3O2S. The Morgan fingerprint density at radius 2 is 1.84 bits per heavy atom. The van der Waals surface area contributed by atoms with Gasteiger partial charge in [0.2, 0.25) is 5.91 Å². The Balaban J connectivity index is 1.82. The van der Waals surface area contributed by atoms with E-state index in [2.05, 4.69) is 10.6 Å². The standard InChI is InChI=1S/C19H25N3O2S/c1-13-10-14(2)18(15(3)11-13)21-17(23)12-22(4)19(24)20-8-7-16-6-5-9-25-16/h5-6,9-11H,7-8,12H2,1-4H3,(H,20,24)(H,21,23). The van der Waals surface area contributed by atoms with Gasteiger partial charge in [0.15, 0.2) is 0 Å². The Kier molecular flexibility index (Phi) is 6.58. The van der Waals surface area contributed by atoms with Crippen LogP contribution in [0.2, 0.25) is 0 Å². The van der Waals surface area contributed by atoms with Gasteiger partial charge in [-0.2, -0.15) is 0 Å². The van der Waals surface area contributed by atoms with Gasteiger partial charge in [0.1, 0.15) is 6.54 Å². The predicted molar refractivity (Wildman–Crippen MR) is 103 cm³/mol. The van der Waals surface area contributed by atoms with Crippen molar-refractivity contribution in [1.29, 1.82) is 0 Å². The summed E-state index contributed by atoms with van der Waals surface area (Å²) in [4.78, 5) is 26.9. The molecule has 2 N–H and O–H groups in total. The van der Waals surface area contributed by atoms with Gasteiger partial charge >= 0.3 is 6.03 Å². The Bertz CT molecular complexity index is 718. The number of hydrogen-bond acceptors (Lipinski definition) is 3. The number of thiophene rings is 1. The van der Waals surface area contributed by atoms with Crippen LogP contribution in [0.4, 0.5) is 10.5 Å². The van der Waals surface area contributed by atoms with Crippen LogP contribution < -0.4 is 10.6 Å². The number of amides is 3. The van der Waals surface area contributed by atoms with Gasteiger partial charge in [-0.25, -0.2) is 4.79 Å². The largest absolute Gasteiger partial charge is 0.338 e. The maximum atomic E-state index is 12.2. The molecular weight excluding hydrogens is 334 g/mol. The molecule has 1 aromatic heterocycles. The fourth-order valence-corrected chi connectivity index (χ4v) is 3.43. The summed E-state index contributed by atoms with van der Waals surface area (Å²) in [6, 6.07) is 7.85. The fraction of sp³-hybridized carbons (Fsp3) is 0.368. The van der Waals surface area contributed by atoms with Crippen LogP contribution in [0, 0.1) is 20.8 Å². The van der Waals surface area contributed by atoms with Gasteiger partial charge in [-0.15, -0.1) is 11.3 Å². The molecule has 0 bridgehead atoms. The average Bonchev–Trinajstić information content (AvgIpc) is 3.04. The molecule has 0 aliphatic heterocycles. The molecule has 0 aliphatic carbocycles. The second kappa shape index (κ2) is 8.67. The van der Waals surface area contributed by atoms with Crippen molar-refractivity contribution in [2.45, 2.75) is 27.2 Å². The molecule has 6 heteroatoms. The molecule has 0 radical (unpaired) electrons. The molecule has 5 nitrogen and oxygen atoms in total. The number of likely N-dealkylation sites (N-methyl/N-ethyl adjacent to an activating group) is 1. The first-order valence-electron chi connectivity index (χ1n) is 8.26. The van der Waals surface area contributed by atoms with Crippen molar-refractivity contribution in [3.8, 4) is 0 Å². The smallest absolute Gasteiger partial charge is 0.317 e. The van der Waals surface area contributed by atoms with E-state index in [9.17, 15) is 9.59 Å². The summed E-state index contributed by atoms with van der Waals surface area (Å²) in [7, 11) is 1.62. The minimum atomic E-state index is -0.246. The molecule has 0 fully saturated rings. The summed E-state index contributed by atoms with van der Waals surface area (Å²) in [6.45, 7) is 6.53. The lowest BCUT2D eigenvalue weighted by Gasteiger charge is -2.19. The highest BCUT2D eigenvalue weighted by Crippen LogP contribution is 2.21. The summed E-state index contributed by atoms with van der Waals surface area (Å²) >= 11 is 1.67. The number of urea groups is 1. The zero-order valence-corrected chi connectivity index (χ0v) is 16.0. The van der Waals surface area contributed by atoms with Crippen LogP contribution in [0.1, 0.15) is 21.6 Å². The van der Waals surface area contributed by atoms with Crippen molar-refractivity contribution in [2.24, 2.45) is 0 Å². The highest BCUT2D eigenvalue weighted by atomic mass is 32.1. The van der Waals surface area contributed by atoms with E-state index in [4.69, 9.17) is 0 Å². The highest BCUT2D eigenvalue weighted by molar-refractivity contribution is 7.09. The Hall–Kier alpha value is -2.34. The van der Waals surface area contributed by atoms with E-state index < -0.39 is 0 Å². The highest BCUT2D eigenvalue weighted by Gasteiger charge is 2.14. The van der Waals surface area contributed by atoms with Crippen molar-refractivity contribution in [3.05, 3.63) is 51.2 Å². The summed E-state index contributed by atoms with van der Waals surface area (Å²) in [5.41, 5.74) is 4.03. The van der Waals surface area contributed by atoms with Gasteiger partial charge in [0, 0.05) is 24.2 Å². The topological polar surface area (TPSA) is 61.4 Å². The normalized spacial score (nSPS) is 10.4. The molecule has 0 aliphatic rings. The maximum absolute atomic E-state index is 12.2. The lowest BCUT2D eigenvalue weighted by atomic mass is 10.1. The average molecular weight is 359 g/mol. The molecule has 0 unspecified atom stereocenters. The van der Waals surface area contributed by atoms with Crippen molar-refractivity contribution in [1.82, 2.24) is 10.2 Å². The number of anilines is 1. The first-order chi connectivity index (χ1) is 11.9. The summed E-state index contributed by atoms with van der Waals surface area (Å²) < 4.78 is 0. The number of carbonyl (C=O) groups excluding carboxylic acids is 2. The Morgan fingerprint density at radius 1 is 1.16 bits per heavy atom. The van der Waals surface area contributed by atoms with Crippen LogP contribution in [0.5, 0.6) is 0 Å². The molecule has 0 saturated heterocycles. The molecule has 25 heavy (non-hydrogen) atoms. The molecule has 2 aromatic rings. The minimum absolute atomic E-state index is 0.0115. The SMILES string of the molecule is Cc1cc(C)c(NC(=O)CN(C)C(=O)NCCc2cccs2)c(C)c1. The molecule has 2 rings (SSSR count). The first-order valence-corrected chi connectivity index (χ1v) is 9.14. The molecule has 1 aromatic carbocycles. The minimum Gasteiger partial charge on any atom is -0.338 e. The van der Waals surface area contributed by atoms with E-state index >= 15 is 0 Å². The Morgan fingerprint density at radius 3 is 2.44 bits per heavy atom. The van der Waals surface area contributed by atoms with Gasteiger partial charge in [0.05, 0.1) is 0 Å². The van der Waals surface area contributed by atoms with E-state index in [0.717, 1.165) is 28.8 Å². The fourth-order valence-electron chi connectivity index (χ4n) is 2.73. The summed E-state index contributed by atoms with van der Waals surface area (Å²) in [5, 5.41) is 7.76. The molecule has 3 amide bonds. The van der Waals surface area contributed by atoms with E-state index in [1.165, 1.54) is 9.78 Å². The predicted octanol–water partition coefficient (Wildman–Crippen LogP) is 3.50. The summed E-state index contributed by atoms with van der Waals surface area (Å²) in [6.07, 6.45) is 0.797. The number of carbonyl (C=O) groups is 2. The van der Waals surface area contributed by atoms with Crippen molar-refractivity contribution < 1.29 is 9.59 Å². The number of aryl methyl sites for hydroxylation is 3. The van der Waals surface area contributed by atoms with Crippen LogP contribution in [-0.4, -0.2) is 37.0 Å². The van der Waals surface area contributed by atoms with E-state index in [0.29, 0.717) is 6.54 Å². The number of nitrogens with zero attached hydrogens (tertiary/aromatic N) is 1. The number of rotatable bonds is 6. The Labute approximate surface area is 153 Å². The van der Waals surface area contributed by atoms with Crippen molar-refractivity contribution in [3.63, 3.8) is 0 Å². The number of nitrogens with one attached hydrogen (secondary N) is 2. The lowest BCUT2D eigenvalue weighted by Crippen LogP contribution is -2.42. The first kappa shape index (κ1) is 19.0. The third-order valence-electron chi connectivity index (χ3n) is 3.90. The van der Waals surface area contributed by atoms with Crippen molar-refractivity contribution >= 4 is 29.0 Å². The summed E-state index contributed by atoms with van der Waals surface area (Å²) in [5.74, 6) is -0.203. The second-order valence-corrected chi connectivity index (χ2v) is 7.27. The van der Waals surface area contributed by atoms with Gasteiger partial charge in [0.25, 0.3) is 0 Å². The lowest BCUT2D eigenvalue weighted by molar-refractivity contribution is -0.116. The van der Waals surface area contributed by atoms with Crippen LogP contribution in [-0.2, 0) is 11.2 Å². The van der Waals surface area contributed by atoms with E-state index in [-0.39, 0.29) is 18.5 Å². The third kappa shape index (κ3) is 5.60. The molecule has 0 saturated carbocycles. The van der Waals surface area contributed by atoms with E-state index in [1.54, 1.807) is 18.4 Å². The number of benzene rings is 1. The second-order valence-electron chi connectivity index (χ2n) is 6.24. The zero-order valence-electron chi connectivity index (χ0n) is 15.2. The van der Waals surface area contributed by atoms with Crippen LogP contribution in [0.15, 0.2) is 29.6 Å². The van der Waals surface area contributed by atoms with Gasteiger partial charge < -0.3 is 15.5 Å². The van der Waals surface area contributed by atoms with Crippen LogP contribution >= 0.6 is 11.3 Å². The zero-order chi connectivity index (χ0) is 18.4. The maximum Gasteiger partial charge on any atom is 0.317 e. The van der Waals surface area contributed by atoms with Gasteiger partial charge in [-0.1, -0.05) is 23.8 Å². The number of hydrogen-bond donors (Lipinski definition) is 2.